The van der Waals surface area contributed by atoms with E-state index in [2.05, 4.69) is 73.7 Å². The zero-order valence-electron chi connectivity index (χ0n) is 14.2. The highest BCUT2D eigenvalue weighted by Gasteiger charge is 2.51. The molecule has 1 aliphatic heterocycles. The van der Waals surface area contributed by atoms with Crippen LogP contribution in [0.5, 0.6) is 0 Å². The highest BCUT2D eigenvalue weighted by atomic mass is 79.9. The molecule has 3 rings (SSSR count). The molecule has 23 heavy (non-hydrogen) atoms. The van der Waals surface area contributed by atoms with Crippen LogP contribution in [0, 0.1) is 6.92 Å². The fourth-order valence-electron chi connectivity index (χ4n) is 2.57. The molecule has 1 aromatic heterocycles. The zero-order chi connectivity index (χ0) is 16.8. The lowest BCUT2D eigenvalue weighted by Gasteiger charge is -2.32. The Morgan fingerprint density at radius 1 is 1.04 bits per heavy atom. The Kier molecular flexibility index (Phi) is 4.15. The molecule has 0 aliphatic carbocycles. The Morgan fingerprint density at radius 2 is 1.70 bits per heavy atom. The molecule has 0 amide bonds. The molecule has 3 nitrogen and oxygen atoms in total. The smallest absolute Gasteiger partial charge is 0.399 e. The van der Waals surface area contributed by atoms with Gasteiger partial charge in [-0.2, -0.15) is 0 Å². The average Bonchev–Trinajstić information content (AvgIpc) is 2.67. The van der Waals surface area contributed by atoms with E-state index in [1.807, 2.05) is 18.3 Å². The second kappa shape index (κ2) is 5.73. The van der Waals surface area contributed by atoms with Crippen LogP contribution in [0.15, 0.2) is 41.0 Å². The Balaban J connectivity index is 1.92. The summed E-state index contributed by atoms with van der Waals surface area (Å²) < 4.78 is 13.1. The average molecular weight is 374 g/mol. The first kappa shape index (κ1) is 16.7. The Hall–Kier alpha value is -1.17. The van der Waals surface area contributed by atoms with E-state index in [0.29, 0.717) is 0 Å². The van der Waals surface area contributed by atoms with Gasteiger partial charge < -0.3 is 9.31 Å². The van der Waals surface area contributed by atoms with E-state index in [4.69, 9.17) is 9.31 Å². The molecule has 0 spiro atoms. The van der Waals surface area contributed by atoms with Crippen LogP contribution < -0.4 is 5.46 Å². The van der Waals surface area contributed by atoms with Gasteiger partial charge in [0.15, 0.2) is 0 Å². The summed E-state index contributed by atoms with van der Waals surface area (Å²) in [5.74, 6) is 0. The highest BCUT2D eigenvalue weighted by Crippen LogP contribution is 2.36. The summed E-state index contributed by atoms with van der Waals surface area (Å²) in [6.07, 6.45) is 1.84. The molecule has 0 N–H and O–H groups in total. The minimum atomic E-state index is -0.393. The van der Waals surface area contributed by atoms with Crippen molar-refractivity contribution in [2.45, 2.75) is 45.8 Å². The number of nitrogens with zero attached hydrogens (tertiary/aromatic N) is 1. The maximum atomic E-state index is 6.09. The van der Waals surface area contributed by atoms with Crippen molar-refractivity contribution in [1.82, 2.24) is 4.98 Å². The third kappa shape index (κ3) is 3.10. The van der Waals surface area contributed by atoms with E-state index < -0.39 is 7.12 Å². The molecule has 120 valence electrons. The standard InChI is InChI=1S/C18H21BBrNO2/c1-12-7-6-8-13(9-12)16-15(20)10-14(11-21-16)19-22-17(2,3)18(4,5)23-19/h6-11H,1-5H3. The van der Waals surface area contributed by atoms with Gasteiger partial charge in [0.1, 0.15) is 0 Å². The molecule has 0 atom stereocenters. The summed E-state index contributed by atoms with van der Waals surface area (Å²) in [5.41, 5.74) is 3.46. The minimum Gasteiger partial charge on any atom is -0.399 e. The molecule has 0 bridgehead atoms. The van der Waals surface area contributed by atoms with Crippen LogP contribution in [-0.2, 0) is 9.31 Å². The normalized spacial score (nSPS) is 19.1. The van der Waals surface area contributed by atoms with Crippen molar-refractivity contribution < 1.29 is 9.31 Å². The van der Waals surface area contributed by atoms with Crippen molar-refractivity contribution in [2.24, 2.45) is 0 Å². The fourth-order valence-corrected chi connectivity index (χ4v) is 3.16. The van der Waals surface area contributed by atoms with Crippen LogP contribution in [-0.4, -0.2) is 23.3 Å². The molecular formula is C18H21BBrNO2. The minimum absolute atomic E-state index is 0.348. The molecule has 1 aromatic carbocycles. The summed E-state index contributed by atoms with van der Waals surface area (Å²) in [4.78, 5) is 4.62. The van der Waals surface area contributed by atoms with Crippen molar-refractivity contribution >= 4 is 28.5 Å². The van der Waals surface area contributed by atoms with Gasteiger partial charge in [-0.15, -0.1) is 0 Å². The van der Waals surface area contributed by atoms with E-state index >= 15 is 0 Å². The molecule has 0 unspecified atom stereocenters. The van der Waals surface area contributed by atoms with Crippen molar-refractivity contribution in [1.29, 1.82) is 0 Å². The monoisotopic (exact) mass is 373 g/mol. The number of rotatable bonds is 2. The van der Waals surface area contributed by atoms with Crippen molar-refractivity contribution in [3.8, 4) is 11.3 Å². The van der Waals surface area contributed by atoms with Crippen LogP contribution >= 0.6 is 15.9 Å². The first-order chi connectivity index (χ1) is 10.7. The summed E-state index contributed by atoms with van der Waals surface area (Å²) in [5, 5.41) is 0. The van der Waals surface area contributed by atoms with Gasteiger partial charge in [0.25, 0.3) is 0 Å². The number of benzene rings is 1. The first-order valence-electron chi connectivity index (χ1n) is 7.78. The van der Waals surface area contributed by atoms with Crippen molar-refractivity contribution in [2.75, 3.05) is 0 Å². The van der Waals surface area contributed by atoms with Gasteiger partial charge in [-0.05, 0) is 62.7 Å². The van der Waals surface area contributed by atoms with Gasteiger partial charge in [-0.25, -0.2) is 0 Å². The van der Waals surface area contributed by atoms with Crippen LogP contribution in [0.3, 0.4) is 0 Å². The van der Waals surface area contributed by atoms with E-state index in [1.54, 1.807) is 0 Å². The SMILES string of the molecule is Cc1cccc(-c2ncc(B3OC(C)(C)C(C)(C)O3)cc2Br)c1. The molecule has 1 aliphatic rings. The maximum Gasteiger partial charge on any atom is 0.496 e. The fraction of sp³-hybridized carbons (Fsp3) is 0.389. The first-order valence-corrected chi connectivity index (χ1v) is 8.57. The van der Waals surface area contributed by atoms with Gasteiger partial charge in [0, 0.05) is 21.7 Å². The summed E-state index contributed by atoms with van der Waals surface area (Å²) >= 11 is 3.64. The number of hydrogen-bond acceptors (Lipinski definition) is 3. The second-order valence-corrected chi connectivity index (χ2v) is 7.91. The molecule has 2 aromatic rings. The summed E-state index contributed by atoms with van der Waals surface area (Å²) in [7, 11) is -0.393. The summed E-state index contributed by atoms with van der Waals surface area (Å²) in [6, 6.07) is 10.3. The topological polar surface area (TPSA) is 31.4 Å². The van der Waals surface area contributed by atoms with Gasteiger partial charge >= 0.3 is 7.12 Å². The number of aromatic nitrogens is 1. The van der Waals surface area contributed by atoms with Crippen molar-refractivity contribution in [3.63, 3.8) is 0 Å². The van der Waals surface area contributed by atoms with Crippen molar-refractivity contribution in [3.05, 3.63) is 46.6 Å². The molecule has 0 radical (unpaired) electrons. The third-order valence-electron chi connectivity index (χ3n) is 4.68. The van der Waals surface area contributed by atoms with Gasteiger partial charge in [0.05, 0.1) is 16.9 Å². The molecule has 2 heterocycles. The third-order valence-corrected chi connectivity index (χ3v) is 5.28. The van der Waals surface area contributed by atoms with Crippen LogP contribution in [0.2, 0.25) is 0 Å². The number of pyridine rings is 1. The largest absolute Gasteiger partial charge is 0.496 e. The summed E-state index contributed by atoms with van der Waals surface area (Å²) in [6.45, 7) is 10.3. The predicted molar refractivity (Wildman–Crippen MR) is 97.8 cm³/mol. The lowest BCUT2D eigenvalue weighted by Crippen LogP contribution is -2.41. The maximum absolute atomic E-state index is 6.09. The number of hydrogen-bond donors (Lipinski definition) is 0. The molecular weight excluding hydrogens is 353 g/mol. The number of halogens is 1. The van der Waals surface area contributed by atoms with Crippen LogP contribution in [0.1, 0.15) is 33.3 Å². The molecule has 0 saturated carbocycles. The van der Waals surface area contributed by atoms with Crippen LogP contribution in [0.4, 0.5) is 0 Å². The Bertz CT molecular complexity index is 730. The zero-order valence-corrected chi connectivity index (χ0v) is 15.8. The lowest BCUT2D eigenvalue weighted by molar-refractivity contribution is 0.00578. The van der Waals surface area contributed by atoms with E-state index in [0.717, 1.165) is 21.2 Å². The number of aryl methyl sites for hydroxylation is 1. The molecule has 5 heteroatoms. The van der Waals surface area contributed by atoms with E-state index in [-0.39, 0.29) is 11.2 Å². The van der Waals surface area contributed by atoms with Gasteiger partial charge in [0.2, 0.25) is 0 Å². The van der Waals surface area contributed by atoms with E-state index in [9.17, 15) is 0 Å². The lowest BCUT2D eigenvalue weighted by atomic mass is 9.80. The predicted octanol–water partition coefficient (Wildman–Crippen LogP) is 4.12. The molecule has 1 saturated heterocycles. The second-order valence-electron chi connectivity index (χ2n) is 7.06. The highest BCUT2D eigenvalue weighted by molar-refractivity contribution is 9.10. The Morgan fingerprint density at radius 3 is 2.26 bits per heavy atom. The van der Waals surface area contributed by atoms with Gasteiger partial charge in [-0.1, -0.05) is 23.8 Å². The van der Waals surface area contributed by atoms with E-state index in [1.165, 1.54) is 5.56 Å². The Labute approximate surface area is 146 Å². The van der Waals surface area contributed by atoms with Gasteiger partial charge in [-0.3, -0.25) is 4.98 Å². The molecule has 1 fully saturated rings. The van der Waals surface area contributed by atoms with Crippen LogP contribution in [0.25, 0.3) is 11.3 Å². The quantitative estimate of drug-likeness (QED) is 0.742.